The summed E-state index contributed by atoms with van der Waals surface area (Å²) in [5.41, 5.74) is 7.97. The van der Waals surface area contributed by atoms with E-state index >= 15 is 0 Å². The maximum absolute atomic E-state index is 9.10. The normalized spacial score (nSPS) is 17.1. The summed E-state index contributed by atoms with van der Waals surface area (Å²) in [4.78, 5) is 4.96. The van der Waals surface area contributed by atoms with Crippen molar-refractivity contribution >= 4 is 32.8 Å². The Kier molecular flexibility index (Phi) is 7.04. The molecule has 0 unspecified atom stereocenters. The number of nitrogens with zero attached hydrogens (tertiary/aromatic N) is 4. The maximum atomic E-state index is 9.10. The number of hydrogen-bond acceptors (Lipinski definition) is 2. The third-order valence-electron chi connectivity index (χ3n) is 14.3. The van der Waals surface area contributed by atoms with E-state index in [-0.39, 0.29) is 44.2 Å². The zero-order valence-corrected chi connectivity index (χ0v) is 38.8. The van der Waals surface area contributed by atoms with Crippen molar-refractivity contribution < 1.29 is 37.8 Å². The monoisotopic (exact) mass is 1020 g/mol. The average Bonchev–Trinajstić information content (AvgIpc) is 3.94. The van der Waals surface area contributed by atoms with Gasteiger partial charge in [0.05, 0.1) is 0 Å². The molecule has 0 saturated heterocycles. The SMILES string of the molecule is [2H]c1c([2H])c([2H])c(-c2cccc(-c3c([2H])c([2H])c([2H])c([2H])c3[2H])c2-n2[c](=[Pt])n(-c3cccc(Oc4ccc5c6ccc7c(c6n(-c6cc(C)ccn6)c5c4)C(C)(C)C(C)(C)C7(C)C)c3)c3ccccc32)c([2H])c1[2H]. The van der Waals surface area contributed by atoms with E-state index in [9.17, 15) is 0 Å². The number of fused-ring (bicyclic) bond motifs is 6. The second-order valence-corrected chi connectivity index (χ2v) is 19.2. The van der Waals surface area contributed by atoms with Gasteiger partial charge in [0.15, 0.2) is 0 Å². The minimum atomic E-state index is -0.556. The fourth-order valence-corrected chi connectivity index (χ4v) is 11.1. The zero-order valence-electron chi connectivity index (χ0n) is 46.5. The number of ether oxygens (including phenoxy) is 1. The van der Waals surface area contributed by atoms with Crippen molar-refractivity contribution in [3.8, 4) is 50.9 Å². The Balaban J connectivity index is 1.11. The first kappa shape index (κ1) is 30.5. The summed E-state index contributed by atoms with van der Waals surface area (Å²) in [6.07, 6.45) is 1.86. The van der Waals surface area contributed by atoms with Crippen LogP contribution in [0.25, 0.3) is 72.3 Å². The van der Waals surface area contributed by atoms with Crippen LogP contribution in [0, 0.1) is 16.1 Å². The van der Waals surface area contributed by atoms with Crippen molar-refractivity contribution in [1.29, 1.82) is 0 Å². The van der Waals surface area contributed by atoms with Crippen LogP contribution in [0.2, 0.25) is 0 Å². The summed E-state index contributed by atoms with van der Waals surface area (Å²) in [6, 6.07) is 30.0. The van der Waals surface area contributed by atoms with Gasteiger partial charge in [-0.3, -0.25) is 0 Å². The molecule has 64 heavy (non-hydrogen) atoms. The van der Waals surface area contributed by atoms with Gasteiger partial charge in [-0.1, -0.05) is 47.6 Å². The summed E-state index contributed by atoms with van der Waals surface area (Å²) < 4.78 is 101. The van der Waals surface area contributed by atoms with E-state index in [1.54, 1.807) is 18.2 Å². The number of para-hydroxylation sites is 3. The van der Waals surface area contributed by atoms with Crippen molar-refractivity contribution in [2.24, 2.45) is 5.41 Å². The molecule has 7 aromatic carbocycles. The molecule has 1 aliphatic carbocycles. The summed E-state index contributed by atoms with van der Waals surface area (Å²) in [5.74, 6) is 1.98. The van der Waals surface area contributed by atoms with Gasteiger partial charge >= 0.3 is 307 Å². The van der Waals surface area contributed by atoms with Crippen molar-refractivity contribution in [1.82, 2.24) is 18.7 Å². The van der Waals surface area contributed by atoms with E-state index in [0.29, 0.717) is 26.5 Å². The Morgan fingerprint density at radius 2 is 1.20 bits per heavy atom. The predicted octanol–water partition coefficient (Wildman–Crippen LogP) is 15.0. The predicted molar refractivity (Wildman–Crippen MR) is 260 cm³/mol. The van der Waals surface area contributed by atoms with Crippen LogP contribution in [-0.2, 0) is 30.2 Å². The summed E-state index contributed by atoms with van der Waals surface area (Å²) >= 11 is 2.18. The van der Waals surface area contributed by atoms with Crippen LogP contribution >= 0.6 is 0 Å². The Bertz CT molecular complexity index is 4010. The van der Waals surface area contributed by atoms with Crippen LogP contribution in [0.4, 0.5) is 0 Å². The average molecular weight is 1020 g/mol. The molecule has 0 fully saturated rings. The molecule has 0 saturated carbocycles. The van der Waals surface area contributed by atoms with Gasteiger partial charge in [-0.15, -0.1) is 0 Å². The van der Waals surface area contributed by atoms with E-state index < -0.39 is 60.4 Å². The topological polar surface area (TPSA) is 36.9 Å². The molecule has 6 heteroatoms. The molecule has 0 spiro atoms. The third-order valence-corrected chi connectivity index (χ3v) is 15.3. The first-order chi connectivity index (χ1) is 35.0. The van der Waals surface area contributed by atoms with Crippen molar-refractivity contribution in [3.63, 3.8) is 0 Å². The second-order valence-electron chi connectivity index (χ2n) is 18.2. The molecule has 318 valence electrons. The molecule has 3 heterocycles. The molecule has 0 aliphatic heterocycles. The summed E-state index contributed by atoms with van der Waals surface area (Å²) in [5, 5.41) is 2.22. The standard InChI is InChI=1S/C58H50N4O.Pt/c1-38-32-33-59-52(34-38)62-51-36-43(28-29-46(51)47-30-31-48-53(55(47)62)57(4,5)58(6,7)56(48,2)3)63-42-23-16-22-41(35-42)60-37-61(50-27-15-14-26-49(50)60)54-44(39-18-10-8-11-19-39)24-17-25-45(54)40-20-12-9-13-21-40;/h8-36H,1-7H3;/i8D,9D,10D,11D,12D,13D,18D,19D,20D,21D;. The van der Waals surface area contributed by atoms with E-state index in [1.165, 1.54) is 11.1 Å². The molecule has 0 radical (unpaired) electrons. The molecule has 3 aromatic heterocycles. The molecule has 11 rings (SSSR count). The molecule has 0 atom stereocenters. The van der Waals surface area contributed by atoms with Gasteiger partial charge < -0.3 is 0 Å². The molecule has 5 nitrogen and oxygen atoms in total. The van der Waals surface area contributed by atoms with Gasteiger partial charge in [0.1, 0.15) is 0 Å². The first-order valence-electron chi connectivity index (χ1n) is 26.3. The Labute approximate surface area is 399 Å². The number of imidazole rings is 1. The third kappa shape index (κ3) is 5.93. The van der Waals surface area contributed by atoms with Crippen LogP contribution in [0.15, 0.2) is 176 Å². The zero-order chi connectivity index (χ0) is 52.8. The van der Waals surface area contributed by atoms with Crippen LogP contribution in [0.1, 0.15) is 71.9 Å². The van der Waals surface area contributed by atoms with Crippen molar-refractivity contribution in [3.05, 3.63) is 196 Å². The first-order valence-corrected chi connectivity index (χ1v) is 22.4. The summed E-state index contributed by atoms with van der Waals surface area (Å²) in [7, 11) is 0. The van der Waals surface area contributed by atoms with Gasteiger partial charge in [0, 0.05) is 6.20 Å². The van der Waals surface area contributed by atoms with E-state index in [1.807, 2.05) is 76.0 Å². The van der Waals surface area contributed by atoms with Crippen LogP contribution < -0.4 is 4.74 Å². The number of pyridine rings is 1. The molecule has 10 aromatic rings. The number of benzene rings is 7. The van der Waals surface area contributed by atoms with Crippen LogP contribution in [0.5, 0.6) is 11.5 Å². The Morgan fingerprint density at radius 3 is 1.88 bits per heavy atom. The minimum absolute atomic E-state index is 0.0697. The molecule has 0 N–H and O–H groups in total. The second kappa shape index (κ2) is 14.8. The molecule has 1 aliphatic rings. The molecule has 0 bridgehead atoms. The Morgan fingerprint density at radius 1 is 0.578 bits per heavy atom. The number of aromatic nitrogens is 4. The van der Waals surface area contributed by atoms with E-state index in [0.717, 1.165) is 38.7 Å². The van der Waals surface area contributed by atoms with Gasteiger partial charge in [-0.2, -0.15) is 0 Å². The fourth-order valence-electron chi connectivity index (χ4n) is 9.96. The Hall–Kier alpha value is -6.55. The molecule has 0 amide bonds. The number of hydrogen-bond donors (Lipinski definition) is 0. The van der Waals surface area contributed by atoms with Crippen LogP contribution in [-0.4, -0.2) is 18.7 Å². The molecular weight excluding hydrogens is 964 g/mol. The van der Waals surface area contributed by atoms with Gasteiger partial charge in [-0.05, 0) is 40.4 Å². The van der Waals surface area contributed by atoms with Gasteiger partial charge in [-0.25, -0.2) is 0 Å². The van der Waals surface area contributed by atoms with Crippen LogP contribution in [0.3, 0.4) is 0 Å². The molecular formula is C58H50N4OPt. The van der Waals surface area contributed by atoms with E-state index in [2.05, 4.69) is 103 Å². The fraction of sp³-hybridized carbons (Fsp3) is 0.172. The number of aryl methyl sites for hydroxylation is 1. The van der Waals surface area contributed by atoms with Gasteiger partial charge in [0.2, 0.25) is 0 Å². The van der Waals surface area contributed by atoms with Gasteiger partial charge in [0.25, 0.3) is 0 Å². The summed E-state index contributed by atoms with van der Waals surface area (Å²) in [6.45, 7) is 16.3. The van der Waals surface area contributed by atoms with Crippen molar-refractivity contribution in [2.45, 2.75) is 59.3 Å². The van der Waals surface area contributed by atoms with E-state index in [4.69, 9.17) is 23.4 Å². The van der Waals surface area contributed by atoms with Crippen molar-refractivity contribution in [2.75, 3.05) is 0 Å². The number of rotatable bonds is 7. The quantitative estimate of drug-likeness (QED) is 0.160.